The summed E-state index contributed by atoms with van der Waals surface area (Å²) < 4.78 is 0. The fraction of sp³-hybridized carbons (Fsp3) is 0.500. The molecule has 0 bridgehead atoms. The van der Waals surface area contributed by atoms with E-state index in [1.807, 2.05) is 25.1 Å². The van der Waals surface area contributed by atoms with E-state index in [2.05, 4.69) is 31.0 Å². The lowest BCUT2D eigenvalue weighted by atomic mass is 9.92. The average molecular weight is 284 g/mol. The van der Waals surface area contributed by atoms with Crippen LogP contribution >= 0.6 is 0 Å². The molecule has 1 aliphatic rings. The van der Waals surface area contributed by atoms with Gasteiger partial charge in [-0.1, -0.05) is 31.8 Å². The zero-order valence-corrected chi connectivity index (χ0v) is 13.1. The summed E-state index contributed by atoms with van der Waals surface area (Å²) in [6.07, 6.45) is 3.27. The Hall–Kier alpha value is -1.79. The lowest BCUT2D eigenvalue weighted by Gasteiger charge is -2.18. The summed E-state index contributed by atoms with van der Waals surface area (Å²) in [5.74, 6) is 5.86. The molecule has 112 valence electrons. The van der Waals surface area contributed by atoms with E-state index in [0.717, 1.165) is 24.0 Å². The number of carbonyl (C=O) groups excluding carboxylic acids is 1. The third kappa shape index (κ3) is 4.09. The molecule has 1 saturated carbocycles. The van der Waals surface area contributed by atoms with E-state index >= 15 is 0 Å². The lowest BCUT2D eigenvalue weighted by Crippen LogP contribution is -2.33. The van der Waals surface area contributed by atoms with Crippen LogP contribution in [0, 0.1) is 24.2 Å². The van der Waals surface area contributed by atoms with Gasteiger partial charge in [-0.05, 0) is 49.3 Å². The van der Waals surface area contributed by atoms with Gasteiger partial charge in [0.1, 0.15) is 0 Å². The maximum atomic E-state index is 12.4. The SMILES string of the molecule is Cc1ccc(C(=O)NC2CCC(C)(C)C2)cc1C#CCN. The number of rotatable bonds is 2. The summed E-state index contributed by atoms with van der Waals surface area (Å²) in [7, 11) is 0. The molecule has 0 spiro atoms. The molecule has 1 fully saturated rings. The lowest BCUT2D eigenvalue weighted by molar-refractivity contribution is 0.0936. The third-order valence-corrected chi connectivity index (χ3v) is 4.13. The van der Waals surface area contributed by atoms with Crippen LogP contribution in [0.4, 0.5) is 0 Å². The molecule has 1 unspecified atom stereocenters. The predicted octanol–water partition coefficient (Wildman–Crippen LogP) is 2.61. The Morgan fingerprint density at radius 3 is 2.86 bits per heavy atom. The summed E-state index contributed by atoms with van der Waals surface area (Å²) in [5, 5.41) is 3.14. The van der Waals surface area contributed by atoms with Crippen molar-refractivity contribution in [2.24, 2.45) is 11.1 Å². The topological polar surface area (TPSA) is 55.1 Å². The van der Waals surface area contributed by atoms with Crippen LogP contribution in [0.1, 0.15) is 54.6 Å². The van der Waals surface area contributed by atoms with Gasteiger partial charge in [-0.2, -0.15) is 0 Å². The highest BCUT2D eigenvalue weighted by atomic mass is 16.1. The first kappa shape index (κ1) is 15.6. The minimum atomic E-state index is -0.00602. The van der Waals surface area contributed by atoms with Gasteiger partial charge in [0.05, 0.1) is 6.54 Å². The molecule has 0 radical (unpaired) electrons. The largest absolute Gasteiger partial charge is 0.349 e. The van der Waals surface area contributed by atoms with Gasteiger partial charge in [0.15, 0.2) is 0 Å². The van der Waals surface area contributed by atoms with Gasteiger partial charge in [0, 0.05) is 17.2 Å². The van der Waals surface area contributed by atoms with Crippen molar-refractivity contribution in [3.63, 3.8) is 0 Å². The van der Waals surface area contributed by atoms with Crippen molar-refractivity contribution in [1.82, 2.24) is 5.32 Å². The molecule has 21 heavy (non-hydrogen) atoms. The van der Waals surface area contributed by atoms with Crippen molar-refractivity contribution < 1.29 is 4.79 Å². The van der Waals surface area contributed by atoms with Crippen molar-refractivity contribution in [3.05, 3.63) is 34.9 Å². The second-order valence-electron chi connectivity index (χ2n) is 6.61. The average Bonchev–Trinajstić information content (AvgIpc) is 2.77. The van der Waals surface area contributed by atoms with Gasteiger partial charge in [0.25, 0.3) is 5.91 Å². The molecular weight excluding hydrogens is 260 g/mol. The number of nitrogens with one attached hydrogen (secondary N) is 1. The highest BCUT2D eigenvalue weighted by Gasteiger charge is 2.31. The molecule has 1 atom stereocenters. The molecule has 3 nitrogen and oxygen atoms in total. The van der Waals surface area contributed by atoms with E-state index in [1.54, 1.807) is 0 Å². The molecule has 3 N–H and O–H groups in total. The number of nitrogens with two attached hydrogens (primary N) is 1. The Morgan fingerprint density at radius 1 is 1.48 bits per heavy atom. The first-order chi connectivity index (χ1) is 9.91. The van der Waals surface area contributed by atoms with Crippen LogP contribution < -0.4 is 11.1 Å². The Bertz CT molecular complexity index is 593. The number of benzene rings is 1. The van der Waals surface area contributed by atoms with Crippen LogP contribution in [0.3, 0.4) is 0 Å². The Labute approximate surface area is 127 Å². The van der Waals surface area contributed by atoms with Gasteiger partial charge in [-0.3, -0.25) is 4.79 Å². The van der Waals surface area contributed by atoms with E-state index in [9.17, 15) is 4.79 Å². The first-order valence-electron chi connectivity index (χ1n) is 7.52. The van der Waals surface area contributed by atoms with E-state index in [-0.39, 0.29) is 11.9 Å². The monoisotopic (exact) mass is 284 g/mol. The summed E-state index contributed by atoms with van der Waals surface area (Å²) >= 11 is 0. The minimum Gasteiger partial charge on any atom is -0.349 e. The van der Waals surface area contributed by atoms with Crippen molar-refractivity contribution in [1.29, 1.82) is 0 Å². The van der Waals surface area contributed by atoms with E-state index in [0.29, 0.717) is 17.5 Å². The zero-order valence-electron chi connectivity index (χ0n) is 13.1. The van der Waals surface area contributed by atoms with Crippen LogP contribution in [0.25, 0.3) is 0 Å². The van der Waals surface area contributed by atoms with Gasteiger partial charge >= 0.3 is 0 Å². The third-order valence-electron chi connectivity index (χ3n) is 4.13. The normalized spacial score (nSPS) is 19.7. The second kappa shape index (κ2) is 6.32. The maximum absolute atomic E-state index is 12.4. The molecule has 1 amide bonds. The van der Waals surface area contributed by atoms with E-state index in [1.165, 1.54) is 6.42 Å². The number of amides is 1. The molecule has 0 aromatic heterocycles. The molecule has 2 rings (SSSR count). The fourth-order valence-corrected chi connectivity index (χ4v) is 2.87. The molecule has 1 aromatic carbocycles. The van der Waals surface area contributed by atoms with Gasteiger partial charge in [-0.15, -0.1) is 0 Å². The summed E-state index contributed by atoms with van der Waals surface area (Å²) in [4.78, 5) is 12.4. The Kier molecular flexibility index (Phi) is 4.69. The molecule has 0 aliphatic heterocycles. The summed E-state index contributed by atoms with van der Waals surface area (Å²) in [6.45, 7) is 6.83. The quantitative estimate of drug-likeness (QED) is 0.820. The van der Waals surface area contributed by atoms with E-state index < -0.39 is 0 Å². The Balaban J connectivity index is 2.09. The van der Waals surface area contributed by atoms with Gasteiger partial charge in [0.2, 0.25) is 0 Å². The van der Waals surface area contributed by atoms with Crippen LogP contribution in [-0.4, -0.2) is 18.5 Å². The summed E-state index contributed by atoms with van der Waals surface area (Å²) in [5.41, 5.74) is 8.35. The van der Waals surface area contributed by atoms with Crippen molar-refractivity contribution in [2.45, 2.75) is 46.1 Å². The van der Waals surface area contributed by atoms with Crippen molar-refractivity contribution >= 4 is 5.91 Å². The first-order valence-corrected chi connectivity index (χ1v) is 7.52. The highest BCUT2D eigenvalue weighted by Crippen LogP contribution is 2.36. The van der Waals surface area contributed by atoms with Gasteiger partial charge < -0.3 is 11.1 Å². The molecular formula is C18H24N2O. The van der Waals surface area contributed by atoms with Crippen molar-refractivity contribution in [3.8, 4) is 11.8 Å². The molecule has 1 aliphatic carbocycles. The fourth-order valence-electron chi connectivity index (χ4n) is 2.87. The van der Waals surface area contributed by atoms with Crippen molar-refractivity contribution in [2.75, 3.05) is 6.54 Å². The molecule has 0 saturated heterocycles. The summed E-state index contributed by atoms with van der Waals surface area (Å²) in [6, 6.07) is 5.94. The molecule has 0 heterocycles. The van der Waals surface area contributed by atoms with Crippen LogP contribution in [0.5, 0.6) is 0 Å². The smallest absolute Gasteiger partial charge is 0.251 e. The van der Waals surface area contributed by atoms with Crippen LogP contribution in [0.2, 0.25) is 0 Å². The minimum absolute atomic E-state index is 0.00602. The maximum Gasteiger partial charge on any atom is 0.251 e. The van der Waals surface area contributed by atoms with E-state index in [4.69, 9.17) is 5.73 Å². The molecule has 3 heteroatoms. The number of aryl methyl sites for hydroxylation is 1. The number of hydrogen-bond donors (Lipinski definition) is 2. The van der Waals surface area contributed by atoms with Crippen LogP contribution in [-0.2, 0) is 0 Å². The number of hydrogen-bond acceptors (Lipinski definition) is 2. The van der Waals surface area contributed by atoms with Crippen LogP contribution in [0.15, 0.2) is 18.2 Å². The Morgan fingerprint density at radius 2 is 2.24 bits per heavy atom. The number of carbonyl (C=O) groups is 1. The highest BCUT2D eigenvalue weighted by molar-refractivity contribution is 5.94. The second-order valence-corrected chi connectivity index (χ2v) is 6.61. The predicted molar refractivity (Wildman–Crippen MR) is 86.0 cm³/mol. The standard InChI is InChI=1S/C18H24N2O/c1-13-6-7-15(11-14(13)5-4-10-19)17(21)20-16-8-9-18(2,3)12-16/h6-7,11,16H,8-10,12,19H2,1-3H3,(H,20,21). The zero-order chi connectivity index (χ0) is 15.5. The molecule has 1 aromatic rings. The van der Waals surface area contributed by atoms with Gasteiger partial charge in [-0.25, -0.2) is 0 Å².